The van der Waals surface area contributed by atoms with Crippen molar-refractivity contribution in [3.8, 4) is 6.07 Å². The first-order chi connectivity index (χ1) is 9.17. The maximum absolute atomic E-state index is 12.0. The number of unbranched alkanes of at least 4 members (excludes halogenated alkanes) is 1. The van der Waals surface area contributed by atoms with Gasteiger partial charge in [-0.2, -0.15) is 5.26 Å². The maximum Gasteiger partial charge on any atom is 0.263 e. The third-order valence-corrected chi connectivity index (χ3v) is 3.52. The fourth-order valence-corrected chi connectivity index (χ4v) is 2.34. The number of hydrogen-bond donors (Lipinski definition) is 1. The molecule has 0 aromatic rings. The predicted molar refractivity (Wildman–Crippen MR) is 76.2 cm³/mol. The number of nitriles is 1. The first kappa shape index (κ1) is 15.6. The molecule has 4 nitrogen and oxygen atoms in total. The van der Waals surface area contributed by atoms with E-state index in [-0.39, 0.29) is 17.5 Å². The Balaban J connectivity index is 2.50. The van der Waals surface area contributed by atoms with E-state index in [0.717, 1.165) is 32.2 Å². The minimum atomic E-state index is -0.224. The van der Waals surface area contributed by atoms with Gasteiger partial charge in [0, 0.05) is 25.8 Å². The Kier molecular flexibility index (Phi) is 7.02. The fraction of sp³-hybridized carbons (Fsp3) is 0.733. The molecule has 1 amide bonds. The molecule has 0 aromatic carbocycles. The summed E-state index contributed by atoms with van der Waals surface area (Å²) in [5.74, 6) is -0.224. The van der Waals surface area contributed by atoms with Crippen molar-refractivity contribution < 1.29 is 4.79 Å². The Morgan fingerprint density at radius 1 is 1.42 bits per heavy atom. The van der Waals surface area contributed by atoms with Crippen LogP contribution in [-0.2, 0) is 4.79 Å². The third kappa shape index (κ3) is 5.78. The Hall–Kier alpha value is -1.50. The molecule has 1 saturated carbocycles. The molecule has 1 rings (SSSR count). The molecule has 1 fully saturated rings. The molecular weight excluding hydrogens is 238 g/mol. The van der Waals surface area contributed by atoms with Crippen LogP contribution in [0.1, 0.15) is 51.9 Å². The second-order valence-corrected chi connectivity index (χ2v) is 5.30. The van der Waals surface area contributed by atoms with Crippen LogP contribution in [0.25, 0.3) is 0 Å². The van der Waals surface area contributed by atoms with Crippen molar-refractivity contribution in [1.29, 1.82) is 5.26 Å². The van der Waals surface area contributed by atoms with Crippen LogP contribution < -0.4 is 5.32 Å². The summed E-state index contributed by atoms with van der Waals surface area (Å²) in [5, 5.41) is 12.1. The lowest BCUT2D eigenvalue weighted by Crippen LogP contribution is -2.37. The normalized spacial score (nSPS) is 16.8. The average Bonchev–Trinajstić information content (AvgIpc) is 2.43. The number of amides is 1. The van der Waals surface area contributed by atoms with Crippen LogP contribution in [0.15, 0.2) is 11.8 Å². The number of carbonyl (C=O) groups excluding carboxylic acids is 1. The van der Waals surface area contributed by atoms with Gasteiger partial charge in [0.05, 0.1) is 0 Å². The number of nitrogens with one attached hydrogen (secondary N) is 1. The van der Waals surface area contributed by atoms with Crippen LogP contribution in [0, 0.1) is 11.3 Å². The molecule has 0 saturated heterocycles. The lowest BCUT2D eigenvalue weighted by Gasteiger charge is -2.22. The molecule has 106 valence electrons. The van der Waals surface area contributed by atoms with Gasteiger partial charge >= 0.3 is 0 Å². The third-order valence-electron chi connectivity index (χ3n) is 3.52. The van der Waals surface area contributed by atoms with Crippen LogP contribution in [0.3, 0.4) is 0 Å². The van der Waals surface area contributed by atoms with Crippen molar-refractivity contribution in [3.05, 3.63) is 11.8 Å². The second kappa shape index (κ2) is 8.58. The number of nitrogens with zero attached hydrogens (tertiary/aromatic N) is 2. The highest BCUT2D eigenvalue weighted by Crippen LogP contribution is 2.17. The van der Waals surface area contributed by atoms with Crippen molar-refractivity contribution in [3.63, 3.8) is 0 Å². The highest BCUT2D eigenvalue weighted by Gasteiger charge is 2.18. The summed E-state index contributed by atoms with van der Waals surface area (Å²) in [5.41, 5.74) is 0.212. The molecule has 0 spiro atoms. The van der Waals surface area contributed by atoms with Gasteiger partial charge in [-0.3, -0.25) is 4.79 Å². The molecule has 1 aliphatic rings. The van der Waals surface area contributed by atoms with Gasteiger partial charge in [-0.15, -0.1) is 0 Å². The minimum absolute atomic E-state index is 0.212. The van der Waals surface area contributed by atoms with Gasteiger partial charge in [-0.25, -0.2) is 0 Å². The van der Waals surface area contributed by atoms with Crippen molar-refractivity contribution in [2.45, 2.75) is 57.9 Å². The molecule has 19 heavy (non-hydrogen) atoms. The Bertz CT molecular complexity index is 351. The highest BCUT2D eigenvalue weighted by atomic mass is 16.1. The molecule has 0 unspecified atom stereocenters. The SMILES string of the molecule is CCCCN(C)/C=C(/C#N)C(=O)NC1CCCCC1. The van der Waals surface area contributed by atoms with E-state index in [0.29, 0.717) is 0 Å². The summed E-state index contributed by atoms with van der Waals surface area (Å²) in [6.07, 6.45) is 9.51. The molecule has 4 heteroatoms. The van der Waals surface area contributed by atoms with Gasteiger partial charge in [0.2, 0.25) is 0 Å². The van der Waals surface area contributed by atoms with Gasteiger partial charge in [0.15, 0.2) is 0 Å². The fourth-order valence-electron chi connectivity index (χ4n) is 2.34. The van der Waals surface area contributed by atoms with Crippen molar-refractivity contribution in [1.82, 2.24) is 10.2 Å². The molecule has 0 atom stereocenters. The van der Waals surface area contributed by atoms with E-state index >= 15 is 0 Å². The van der Waals surface area contributed by atoms with E-state index in [1.807, 2.05) is 18.0 Å². The van der Waals surface area contributed by atoms with E-state index in [9.17, 15) is 4.79 Å². The lowest BCUT2D eigenvalue weighted by atomic mass is 9.95. The van der Waals surface area contributed by atoms with Crippen LogP contribution in [0.5, 0.6) is 0 Å². The minimum Gasteiger partial charge on any atom is -0.379 e. The van der Waals surface area contributed by atoms with Gasteiger partial charge in [-0.1, -0.05) is 32.6 Å². The smallest absolute Gasteiger partial charge is 0.263 e. The summed E-state index contributed by atoms with van der Waals surface area (Å²) < 4.78 is 0. The van der Waals surface area contributed by atoms with E-state index in [1.165, 1.54) is 19.3 Å². The average molecular weight is 263 g/mol. The van der Waals surface area contributed by atoms with E-state index in [4.69, 9.17) is 5.26 Å². The summed E-state index contributed by atoms with van der Waals surface area (Å²) in [6.45, 7) is 3.00. The van der Waals surface area contributed by atoms with Crippen LogP contribution in [0.4, 0.5) is 0 Å². The zero-order valence-corrected chi connectivity index (χ0v) is 12.1. The zero-order chi connectivity index (χ0) is 14.1. The predicted octanol–water partition coefficient (Wildman–Crippen LogP) is 2.57. The van der Waals surface area contributed by atoms with Crippen molar-refractivity contribution in [2.75, 3.05) is 13.6 Å². The second-order valence-electron chi connectivity index (χ2n) is 5.30. The monoisotopic (exact) mass is 263 g/mol. The van der Waals surface area contributed by atoms with Crippen molar-refractivity contribution >= 4 is 5.91 Å². The molecule has 1 N–H and O–H groups in total. The first-order valence-corrected chi connectivity index (χ1v) is 7.30. The number of hydrogen-bond acceptors (Lipinski definition) is 3. The Labute approximate surface area is 116 Å². The Morgan fingerprint density at radius 3 is 2.68 bits per heavy atom. The summed E-state index contributed by atoms with van der Waals surface area (Å²) in [6, 6.07) is 2.26. The molecule has 1 aliphatic carbocycles. The number of rotatable bonds is 6. The topological polar surface area (TPSA) is 56.1 Å². The lowest BCUT2D eigenvalue weighted by molar-refractivity contribution is -0.118. The molecule has 0 aliphatic heterocycles. The van der Waals surface area contributed by atoms with Crippen LogP contribution in [-0.4, -0.2) is 30.4 Å². The van der Waals surface area contributed by atoms with Crippen LogP contribution in [0.2, 0.25) is 0 Å². The molecule has 0 bridgehead atoms. The standard InChI is InChI=1S/C15H25N3O/c1-3-4-10-18(2)12-13(11-16)15(19)17-14-8-6-5-7-9-14/h12,14H,3-10H2,1-2H3,(H,17,19)/b13-12-. The molecule has 0 aromatic heterocycles. The summed E-state index contributed by atoms with van der Waals surface area (Å²) >= 11 is 0. The highest BCUT2D eigenvalue weighted by molar-refractivity contribution is 5.97. The summed E-state index contributed by atoms with van der Waals surface area (Å²) in [7, 11) is 1.90. The van der Waals surface area contributed by atoms with Gasteiger partial charge in [0.25, 0.3) is 5.91 Å². The van der Waals surface area contributed by atoms with E-state index in [1.54, 1.807) is 6.20 Å². The Morgan fingerprint density at radius 2 is 2.11 bits per heavy atom. The van der Waals surface area contributed by atoms with Gasteiger partial charge in [-0.05, 0) is 19.3 Å². The van der Waals surface area contributed by atoms with Crippen molar-refractivity contribution in [2.24, 2.45) is 0 Å². The van der Waals surface area contributed by atoms with Crippen LogP contribution >= 0.6 is 0 Å². The van der Waals surface area contributed by atoms with E-state index < -0.39 is 0 Å². The number of carbonyl (C=O) groups is 1. The molecular formula is C15H25N3O. The van der Waals surface area contributed by atoms with E-state index in [2.05, 4.69) is 12.2 Å². The largest absolute Gasteiger partial charge is 0.379 e. The molecule has 0 radical (unpaired) electrons. The quantitative estimate of drug-likeness (QED) is 0.592. The van der Waals surface area contributed by atoms with Gasteiger partial charge < -0.3 is 10.2 Å². The maximum atomic E-state index is 12.0. The summed E-state index contributed by atoms with van der Waals surface area (Å²) in [4.78, 5) is 13.9. The zero-order valence-electron chi connectivity index (χ0n) is 12.1. The molecule has 0 heterocycles. The van der Waals surface area contributed by atoms with Gasteiger partial charge in [0.1, 0.15) is 11.6 Å². The first-order valence-electron chi connectivity index (χ1n) is 7.30.